The highest BCUT2D eigenvalue weighted by Gasteiger charge is 2.28. The van der Waals surface area contributed by atoms with Crippen molar-refractivity contribution in [3.63, 3.8) is 0 Å². The van der Waals surface area contributed by atoms with Gasteiger partial charge in [0, 0.05) is 23.9 Å². The summed E-state index contributed by atoms with van der Waals surface area (Å²) in [6.07, 6.45) is 4.30. The van der Waals surface area contributed by atoms with Gasteiger partial charge in [-0.25, -0.2) is 4.98 Å². The molecular formula is C13H15N3O. The van der Waals surface area contributed by atoms with Crippen LogP contribution in [0.4, 0.5) is 11.5 Å². The van der Waals surface area contributed by atoms with Crippen LogP contribution in [0.1, 0.15) is 26.2 Å². The van der Waals surface area contributed by atoms with Crippen LogP contribution in [0.2, 0.25) is 0 Å². The highest BCUT2D eigenvalue weighted by Crippen LogP contribution is 2.32. The SMILES string of the molecule is CC1Nc2ncccc2NC2=C1C(=O)CCC2. The van der Waals surface area contributed by atoms with Crippen LogP contribution >= 0.6 is 0 Å². The third-order valence-corrected chi connectivity index (χ3v) is 3.34. The minimum atomic E-state index is 0.0291. The van der Waals surface area contributed by atoms with Gasteiger partial charge in [0.1, 0.15) is 5.82 Å². The first-order valence-electron chi connectivity index (χ1n) is 6.00. The van der Waals surface area contributed by atoms with Gasteiger partial charge in [0.2, 0.25) is 0 Å². The monoisotopic (exact) mass is 229 g/mol. The van der Waals surface area contributed by atoms with Crippen molar-refractivity contribution in [2.75, 3.05) is 10.6 Å². The molecular weight excluding hydrogens is 214 g/mol. The molecule has 0 bridgehead atoms. The standard InChI is InChI=1S/C13H15N3O/c1-8-12-9(4-2-6-11(12)17)16-10-5-3-7-14-13(10)15-8/h3,5,7-8,16H,2,4,6H2,1H3,(H,14,15). The molecule has 1 aromatic rings. The Morgan fingerprint density at radius 1 is 1.41 bits per heavy atom. The lowest BCUT2D eigenvalue weighted by Crippen LogP contribution is -2.27. The van der Waals surface area contributed by atoms with Crippen molar-refractivity contribution < 1.29 is 4.79 Å². The molecule has 0 spiro atoms. The Hall–Kier alpha value is -1.84. The summed E-state index contributed by atoms with van der Waals surface area (Å²) in [7, 11) is 0. The maximum atomic E-state index is 12.0. The van der Waals surface area contributed by atoms with E-state index in [1.165, 1.54) is 0 Å². The molecule has 1 unspecified atom stereocenters. The second-order valence-corrected chi connectivity index (χ2v) is 4.56. The number of carbonyl (C=O) groups excluding carboxylic acids is 1. The van der Waals surface area contributed by atoms with E-state index in [1.54, 1.807) is 6.20 Å². The summed E-state index contributed by atoms with van der Waals surface area (Å²) in [5.74, 6) is 1.08. The summed E-state index contributed by atoms with van der Waals surface area (Å²) in [4.78, 5) is 16.3. The van der Waals surface area contributed by atoms with Crippen LogP contribution in [0, 0.1) is 0 Å². The molecule has 0 saturated heterocycles. The number of rotatable bonds is 0. The zero-order valence-electron chi connectivity index (χ0n) is 9.79. The van der Waals surface area contributed by atoms with Crippen molar-refractivity contribution in [2.45, 2.75) is 32.2 Å². The average molecular weight is 229 g/mol. The van der Waals surface area contributed by atoms with Gasteiger partial charge >= 0.3 is 0 Å². The fourth-order valence-corrected chi connectivity index (χ4v) is 2.56. The molecule has 2 aliphatic rings. The number of Topliss-reactive ketones (excluding diaryl/α,β-unsaturated/α-hetero) is 1. The topological polar surface area (TPSA) is 54.0 Å². The summed E-state index contributed by atoms with van der Waals surface area (Å²) < 4.78 is 0. The van der Waals surface area contributed by atoms with E-state index in [4.69, 9.17) is 0 Å². The number of hydrogen-bond acceptors (Lipinski definition) is 4. The predicted octanol–water partition coefficient (Wildman–Crippen LogP) is 2.31. The van der Waals surface area contributed by atoms with Crippen molar-refractivity contribution in [3.05, 3.63) is 29.6 Å². The normalized spacial score (nSPS) is 23.1. The van der Waals surface area contributed by atoms with Crippen LogP contribution in [0.25, 0.3) is 0 Å². The third-order valence-electron chi connectivity index (χ3n) is 3.34. The van der Waals surface area contributed by atoms with Crippen molar-refractivity contribution in [2.24, 2.45) is 0 Å². The van der Waals surface area contributed by atoms with Gasteiger partial charge in [-0.3, -0.25) is 4.79 Å². The number of carbonyl (C=O) groups is 1. The largest absolute Gasteiger partial charge is 0.362 e. The second-order valence-electron chi connectivity index (χ2n) is 4.56. The van der Waals surface area contributed by atoms with Crippen LogP contribution in [0.3, 0.4) is 0 Å². The first-order chi connectivity index (χ1) is 8.25. The Morgan fingerprint density at radius 2 is 2.29 bits per heavy atom. The zero-order chi connectivity index (χ0) is 11.8. The van der Waals surface area contributed by atoms with Crippen LogP contribution < -0.4 is 10.6 Å². The van der Waals surface area contributed by atoms with E-state index in [9.17, 15) is 4.79 Å². The van der Waals surface area contributed by atoms with E-state index in [0.29, 0.717) is 6.42 Å². The first-order valence-corrected chi connectivity index (χ1v) is 6.00. The Balaban J connectivity index is 2.07. The molecule has 1 atom stereocenters. The highest BCUT2D eigenvalue weighted by molar-refractivity contribution is 5.99. The van der Waals surface area contributed by atoms with Gasteiger partial charge in [-0.1, -0.05) is 0 Å². The van der Waals surface area contributed by atoms with Gasteiger partial charge in [0.25, 0.3) is 0 Å². The lowest BCUT2D eigenvalue weighted by Gasteiger charge is -2.21. The van der Waals surface area contributed by atoms with Gasteiger partial charge < -0.3 is 10.6 Å². The van der Waals surface area contributed by atoms with E-state index in [1.807, 2.05) is 19.1 Å². The van der Waals surface area contributed by atoms with E-state index in [-0.39, 0.29) is 11.8 Å². The summed E-state index contributed by atoms with van der Waals surface area (Å²) in [6, 6.07) is 3.91. The molecule has 0 radical (unpaired) electrons. The smallest absolute Gasteiger partial charge is 0.162 e. The fourth-order valence-electron chi connectivity index (χ4n) is 2.56. The summed E-state index contributed by atoms with van der Waals surface area (Å²) in [5, 5.41) is 6.66. The molecule has 3 rings (SSSR count). The van der Waals surface area contributed by atoms with E-state index in [2.05, 4.69) is 15.6 Å². The lowest BCUT2D eigenvalue weighted by atomic mass is 9.91. The number of fused-ring (bicyclic) bond motifs is 1. The van der Waals surface area contributed by atoms with Crippen LogP contribution in [0.5, 0.6) is 0 Å². The molecule has 0 aromatic carbocycles. The Bertz CT molecular complexity index is 507. The van der Waals surface area contributed by atoms with E-state index >= 15 is 0 Å². The molecule has 17 heavy (non-hydrogen) atoms. The van der Waals surface area contributed by atoms with E-state index in [0.717, 1.165) is 35.6 Å². The molecule has 1 aromatic heterocycles. The summed E-state index contributed by atoms with van der Waals surface area (Å²) in [5.41, 5.74) is 2.92. The number of nitrogens with zero attached hydrogens (tertiary/aromatic N) is 1. The number of pyridine rings is 1. The molecule has 2 heterocycles. The summed E-state index contributed by atoms with van der Waals surface area (Å²) in [6.45, 7) is 2.02. The van der Waals surface area contributed by atoms with Gasteiger partial charge in [-0.2, -0.15) is 0 Å². The van der Waals surface area contributed by atoms with Crippen molar-refractivity contribution in [1.29, 1.82) is 0 Å². The number of allylic oxidation sites excluding steroid dienone is 1. The van der Waals surface area contributed by atoms with Crippen LogP contribution in [-0.2, 0) is 4.79 Å². The minimum absolute atomic E-state index is 0.0291. The molecule has 1 aliphatic heterocycles. The Kier molecular flexibility index (Phi) is 2.35. The number of aromatic nitrogens is 1. The predicted molar refractivity (Wildman–Crippen MR) is 66.8 cm³/mol. The second kappa shape index (κ2) is 3.87. The highest BCUT2D eigenvalue weighted by atomic mass is 16.1. The fraction of sp³-hybridized carbons (Fsp3) is 0.385. The Labute approximate surface area is 100 Å². The van der Waals surface area contributed by atoms with Gasteiger partial charge in [-0.15, -0.1) is 0 Å². The molecule has 0 saturated carbocycles. The van der Waals surface area contributed by atoms with Crippen LogP contribution in [0.15, 0.2) is 29.6 Å². The number of hydrogen-bond donors (Lipinski definition) is 2. The maximum absolute atomic E-state index is 12.0. The summed E-state index contributed by atoms with van der Waals surface area (Å²) >= 11 is 0. The van der Waals surface area contributed by atoms with Crippen molar-refractivity contribution in [3.8, 4) is 0 Å². The number of anilines is 2. The Morgan fingerprint density at radius 3 is 3.18 bits per heavy atom. The molecule has 0 fully saturated rings. The number of nitrogens with one attached hydrogen (secondary N) is 2. The van der Waals surface area contributed by atoms with Crippen molar-refractivity contribution in [1.82, 2.24) is 4.98 Å². The molecule has 0 amide bonds. The maximum Gasteiger partial charge on any atom is 0.162 e. The third kappa shape index (κ3) is 1.69. The molecule has 4 heteroatoms. The lowest BCUT2D eigenvalue weighted by molar-refractivity contribution is -0.116. The average Bonchev–Trinajstić information content (AvgIpc) is 2.45. The number of ketones is 1. The minimum Gasteiger partial charge on any atom is -0.362 e. The van der Waals surface area contributed by atoms with Gasteiger partial charge in [-0.05, 0) is 31.9 Å². The zero-order valence-corrected chi connectivity index (χ0v) is 9.79. The van der Waals surface area contributed by atoms with E-state index < -0.39 is 0 Å². The van der Waals surface area contributed by atoms with Crippen molar-refractivity contribution >= 4 is 17.3 Å². The molecule has 2 N–H and O–H groups in total. The molecule has 1 aliphatic carbocycles. The molecule has 88 valence electrons. The molecule has 4 nitrogen and oxygen atoms in total. The van der Waals surface area contributed by atoms with Gasteiger partial charge in [0.05, 0.1) is 11.7 Å². The first kappa shape index (κ1) is 10.3. The quantitative estimate of drug-likeness (QED) is 0.716. The van der Waals surface area contributed by atoms with Gasteiger partial charge in [0.15, 0.2) is 5.78 Å². The van der Waals surface area contributed by atoms with Crippen LogP contribution in [-0.4, -0.2) is 16.8 Å².